The average molecular weight is 335 g/mol. The fourth-order valence-electron chi connectivity index (χ4n) is 1.91. The summed E-state index contributed by atoms with van der Waals surface area (Å²) in [4.78, 5) is 36.6. The molecular formula is C16H17NO5S. The van der Waals surface area contributed by atoms with Crippen LogP contribution in [0.15, 0.2) is 29.2 Å². The minimum Gasteiger partial charge on any atom is -0.493 e. The first-order valence-corrected chi connectivity index (χ1v) is 7.92. The van der Waals surface area contributed by atoms with Gasteiger partial charge in [-0.25, -0.2) is 0 Å². The van der Waals surface area contributed by atoms with Gasteiger partial charge in [0.25, 0.3) is 11.1 Å². The van der Waals surface area contributed by atoms with Crippen molar-refractivity contribution < 1.29 is 23.9 Å². The predicted octanol–water partition coefficient (Wildman–Crippen LogP) is 2.68. The van der Waals surface area contributed by atoms with Crippen LogP contribution >= 0.6 is 11.8 Å². The van der Waals surface area contributed by atoms with Gasteiger partial charge in [0, 0.05) is 5.56 Å². The lowest BCUT2D eigenvalue weighted by Crippen LogP contribution is -2.34. The van der Waals surface area contributed by atoms with Gasteiger partial charge in [0.05, 0.1) is 18.6 Å². The van der Waals surface area contributed by atoms with E-state index in [0.717, 1.165) is 23.1 Å². The largest absolute Gasteiger partial charge is 0.493 e. The number of amides is 2. The molecule has 0 spiro atoms. The smallest absolute Gasteiger partial charge is 0.325 e. The molecule has 1 aliphatic rings. The number of nitrogens with zero attached hydrogens (tertiary/aromatic N) is 1. The number of thioether (sulfide) groups is 1. The second-order valence-corrected chi connectivity index (χ2v) is 5.72. The fraction of sp³-hybridized carbons (Fsp3) is 0.312. The van der Waals surface area contributed by atoms with E-state index in [1.807, 2.05) is 19.1 Å². The zero-order valence-corrected chi connectivity index (χ0v) is 13.7. The summed E-state index contributed by atoms with van der Waals surface area (Å²) >= 11 is 0.797. The first kappa shape index (κ1) is 17.1. The molecule has 0 N–H and O–H groups in total. The number of esters is 1. The second-order valence-electron chi connectivity index (χ2n) is 4.73. The maximum Gasteiger partial charge on any atom is 0.325 e. The normalized spacial score (nSPS) is 16.1. The average Bonchev–Trinajstić information content (AvgIpc) is 2.81. The van der Waals surface area contributed by atoms with E-state index in [9.17, 15) is 14.4 Å². The quantitative estimate of drug-likeness (QED) is 0.588. The van der Waals surface area contributed by atoms with Gasteiger partial charge in [0.1, 0.15) is 12.3 Å². The van der Waals surface area contributed by atoms with E-state index >= 15 is 0 Å². The van der Waals surface area contributed by atoms with E-state index < -0.39 is 17.1 Å². The van der Waals surface area contributed by atoms with Gasteiger partial charge in [-0.1, -0.05) is 25.1 Å². The van der Waals surface area contributed by atoms with Crippen molar-refractivity contribution in [3.8, 4) is 5.75 Å². The predicted molar refractivity (Wildman–Crippen MR) is 86.9 cm³/mol. The van der Waals surface area contributed by atoms with Crippen LogP contribution in [0.3, 0.4) is 0 Å². The lowest BCUT2D eigenvalue weighted by Gasteiger charge is -2.10. The fourth-order valence-corrected chi connectivity index (χ4v) is 2.74. The van der Waals surface area contributed by atoms with Crippen LogP contribution in [-0.2, 0) is 14.3 Å². The number of benzene rings is 1. The van der Waals surface area contributed by atoms with E-state index in [2.05, 4.69) is 4.74 Å². The third-order valence-corrected chi connectivity index (χ3v) is 3.96. The number of methoxy groups -OCH3 is 1. The standard InChI is InChI=1S/C16H17NO5S/c1-3-8-22-12-7-5-4-6-11(12)9-13-15(19)17(16(20)23-13)10-14(18)21-2/h4-7,9H,3,8,10H2,1-2H3/b13-9+. The molecule has 0 atom stereocenters. The van der Waals surface area contributed by atoms with Gasteiger partial charge in [-0.3, -0.25) is 19.3 Å². The Morgan fingerprint density at radius 2 is 2.04 bits per heavy atom. The first-order valence-electron chi connectivity index (χ1n) is 7.10. The lowest BCUT2D eigenvalue weighted by atomic mass is 10.2. The molecule has 122 valence electrons. The number of ether oxygens (including phenoxy) is 2. The second kappa shape index (κ2) is 7.82. The van der Waals surface area contributed by atoms with E-state index in [0.29, 0.717) is 17.9 Å². The molecule has 0 radical (unpaired) electrons. The molecule has 1 aromatic rings. The number of hydrogen-bond donors (Lipinski definition) is 0. The summed E-state index contributed by atoms with van der Waals surface area (Å²) in [5.74, 6) is -0.495. The Morgan fingerprint density at radius 1 is 1.30 bits per heavy atom. The van der Waals surface area contributed by atoms with Crippen LogP contribution in [0.5, 0.6) is 5.75 Å². The summed E-state index contributed by atoms with van der Waals surface area (Å²) in [6.07, 6.45) is 2.47. The molecule has 2 rings (SSSR count). The highest BCUT2D eigenvalue weighted by Gasteiger charge is 2.36. The van der Waals surface area contributed by atoms with Crippen LogP contribution in [0, 0.1) is 0 Å². The van der Waals surface area contributed by atoms with Crippen LogP contribution in [0.4, 0.5) is 4.79 Å². The topological polar surface area (TPSA) is 72.9 Å². The SMILES string of the molecule is CCCOc1ccccc1/C=C1/SC(=O)N(CC(=O)OC)C1=O. The molecule has 1 fully saturated rings. The van der Waals surface area contributed by atoms with Crippen molar-refractivity contribution >= 4 is 35.0 Å². The molecule has 0 bridgehead atoms. The number of para-hydroxylation sites is 1. The first-order chi connectivity index (χ1) is 11.1. The summed E-state index contributed by atoms with van der Waals surface area (Å²) in [5, 5.41) is -0.487. The Bertz CT molecular complexity index is 656. The Hall–Kier alpha value is -2.28. The highest BCUT2D eigenvalue weighted by atomic mass is 32.2. The highest BCUT2D eigenvalue weighted by molar-refractivity contribution is 8.18. The zero-order chi connectivity index (χ0) is 16.8. The molecule has 0 aliphatic carbocycles. The third-order valence-electron chi connectivity index (χ3n) is 3.06. The number of carbonyl (C=O) groups is 3. The molecule has 1 saturated heterocycles. The van der Waals surface area contributed by atoms with Crippen molar-refractivity contribution in [2.75, 3.05) is 20.3 Å². The summed E-state index contributed by atoms with van der Waals surface area (Å²) in [6.45, 7) is 2.18. The number of carbonyl (C=O) groups excluding carboxylic acids is 3. The van der Waals surface area contributed by atoms with Gasteiger partial charge in [0.2, 0.25) is 0 Å². The Labute approximate surface area is 138 Å². The van der Waals surface area contributed by atoms with Crippen molar-refractivity contribution in [3.63, 3.8) is 0 Å². The Morgan fingerprint density at radius 3 is 2.74 bits per heavy atom. The molecular weight excluding hydrogens is 318 g/mol. The summed E-state index contributed by atoms with van der Waals surface area (Å²) in [6, 6.07) is 7.27. The molecule has 2 amide bonds. The minimum atomic E-state index is -0.639. The third kappa shape index (κ3) is 4.13. The molecule has 1 heterocycles. The van der Waals surface area contributed by atoms with Crippen LogP contribution < -0.4 is 4.74 Å². The van der Waals surface area contributed by atoms with Gasteiger partial charge in [-0.15, -0.1) is 0 Å². The maximum atomic E-state index is 12.3. The van der Waals surface area contributed by atoms with Crippen LogP contribution in [0.25, 0.3) is 6.08 Å². The molecule has 23 heavy (non-hydrogen) atoms. The van der Waals surface area contributed by atoms with Crippen molar-refractivity contribution in [1.82, 2.24) is 4.90 Å². The van der Waals surface area contributed by atoms with Crippen LogP contribution in [0.1, 0.15) is 18.9 Å². The van der Waals surface area contributed by atoms with E-state index in [1.165, 1.54) is 7.11 Å². The number of imide groups is 1. The van der Waals surface area contributed by atoms with Gasteiger partial charge < -0.3 is 9.47 Å². The van der Waals surface area contributed by atoms with E-state index in [1.54, 1.807) is 18.2 Å². The summed E-state index contributed by atoms with van der Waals surface area (Å²) < 4.78 is 10.1. The maximum absolute atomic E-state index is 12.3. The van der Waals surface area contributed by atoms with Crippen LogP contribution in [0.2, 0.25) is 0 Å². The monoisotopic (exact) mass is 335 g/mol. The van der Waals surface area contributed by atoms with Crippen molar-refractivity contribution in [2.45, 2.75) is 13.3 Å². The van der Waals surface area contributed by atoms with Gasteiger partial charge >= 0.3 is 5.97 Å². The highest BCUT2D eigenvalue weighted by Crippen LogP contribution is 2.33. The van der Waals surface area contributed by atoms with Crippen molar-refractivity contribution in [3.05, 3.63) is 34.7 Å². The minimum absolute atomic E-state index is 0.256. The number of hydrogen-bond acceptors (Lipinski definition) is 6. The van der Waals surface area contributed by atoms with Crippen molar-refractivity contribution in [2.24, 2.45) is 0 Å². The van der Waals surface area contributed by atoms with E-state index in [-0.39, 0.29) is 11.4 Å². The lowest BCUT2D eigenvalue weighted by molar-refractivity contribution is -0.143. The summed E-state index contributed by atoms with van der Waals surface area (Å²) in [5.41, 5.74) is 0.713. The van der Waals surface area contributed by atoms with Crippen LogP contribution in [-0.4, -0.2) is 42.3 Å². The molecule has 1 aromatic carbocycles. The molecule has 7 heteroatoms. The Balaban J connectivity index is 2.22. The van der Waals surface area contributed by atoms with Gasteiger partial charge in [-0.05, 0) is 30.3 Å². The molecule has 0 saturated carbocycles. The van der Waals surface area contributed by atoms with Gasteiger partial charge in [-0.2, -0.15) is 0 Å². The molecule has 0 unspecified atom stereocenters. The van der Waals surface area contributed by atoms with Crippen molar-refractivity contribution in [1.29, 1.82) is 0 Å². The summed E-state index contributed by atoms with van der Waals surface area (Å²) in [7, 11) is 1.21. The Kier molecular flexibility index (Phi) is 5.81. The molecule has 6 nitrogen and oxygen atoms in total. The van der Waals surface area contributed by atoms with E-state index in [4.69, 9.17) is 4.74 Å². The molecule has 0 aromatic heterocycles. The molecule has 1 aliphatic heterocycles. The van der Waals surface area contributed by atoms with Gasteiger partial charge in [0.15, 0.2) is 0 Å². The number of rotatable bonds is 6. The zero-order valence-electron chi connectivity index (χ0n) is 12.9.